The molecule has 4 aromatic heterocycles. The third-order valence-electron chi connectivity index (χ3n) is 24.7. The van der Waals surface area contributed by atoms with Gasteiger partial charge in [-0.05, 0) is 208 Å². The molecule has 546 valence electrons. The molecule has 0 N–H and O–H groups in total. The van der Waals surface area contributed by atoms with Crippen LogP contribution in [0.5, 0.6) is 0 Å². The van der Waals surface area contributed by atoms with E-state index in [1.54, 1.807) is 0 Å². The van der Waals surface area contributed by atoms with E-state index in [9.17, 15) is 0 Å². The van der Waals surface area contributed by atoms with Crippen LogP contribution in [0.25, 0.3) is 177 Å². The molecule has 0 bridgehead atoms. The Morgan fingerprint density at radius 1 is 0.254 bits per heavy atom. The highest BCUT2D eigenvalue weighted by molar-refractivity contribution is 6.62. The normalized spacial score (nSPS) is 14.7. The van der Waals surface area contributed by atoms with E-state index in [1.165, 1.54) is 120 Å². The van der Waals surface area contributed by atoms with E-state index < -0.39 is 0 Å². The zero-order chi connectivity index (χ0) is 77.1. The van der Waals surface area contributed by atoms with Gasteiger partial charge >= 0.3 is 7.12 Å². The van der Waals surface area contributed by atoms with E-state index in [2.05, 4.69) is 313 Å². The van der Waals surface area contributed by atoms with Crippen molar-refractivity contribution in [1.29, 1.82) is 0 Å². The Morgan fingerprint density at radius 2 is 0.553 bits per heavy atom. The summed E-state index contributed by atoms with van der Waals surface area (Å²) in [5.74, 6) is 2.97. The van der Waals surface area contributed by atoms with Crippen molar-refractivity contribution in [3.05, 3.63) is 343 Å². The molecule has 10 nitrogen and oxygen atoms in total. The fourth-order valence-electron chi connectivity index (χ4n) is 18.3. The van der Waals surface area contributed by atoms with Gasteiger partial charge in [-0.3, -0.25) is 9.13 Å². The monoisotopic (exact) mass is 1490 g/mol. The average Bonchev–Trinajstić information content (AvgIpc) is 1.52. The highest BCUT2D eigenvalue weighted by atomic mass is 35.5. The van der Waals surface area contributed by atoms with Gasteiger partial charge in [0.05, 0.1) is 33.3 Å². The van der Waals surface area contributed by atoms with Gasteiger partial charge in [-0.25, -0.2) is 4.98 Å². The van der Waals surface area contributed by atoms with Crippen LogP contribution >= 0.6 is 11.6 Å². The van der Waals surface area contributed by atoms with Crippen LogP contribution in [0.2, 0.25) is 5.28 Å². The molecule has 5 heterocycles. The summed E-state index contributed by atoms with van der Waals surface area (Å²) in [4.78, 5) is 29.0. The quantitative estimate of drug-likeness (QED) is 0.120. The number of hydrogen-bond donors (Lipinski definition) is 0. The molecular formula is C102H76BClN8O2. The summed E-state index contributed by atoms with van der Waals surface area (Å²) in [7, 11) is -0.363. The van der Waals surface area contributed by atoms with Gasteiger partial charge in [0.25, 0.3) is 0 Å². The van der Waals surface area contributed by atoms with Crippen LogP contribution in [0.1, 0.15) is 77.6 Å². The molecule has 2 aliphatic carbocycles. The van der Waals surface area contributed by atoms with Gasteiger partial charge in [-0.15, -0.1) is 0 Å². The lowest BCUT2D eigenvalue weighted by Crippen LogP contribution is -2.41. The second-order valence-corrected chi connectivity index (χ2v) is 32.8. The second-order valence-electron chi connectivity index (χ2n) is 32.5. The molecule has 0 saturated carbocycles. The summed E-state index contributed by atoms with van der Waals surface area (Å²) in [6.45, 7) is 17.8. The minimum atomic E-state index is -0.363. The number of nitrogens with zero attached hydrogens (tertiary/aromatic N) is 8. The number of aromatic nitrogens is 8. The first-order valence-corrected chi connectivity index (χ1v) is 39.5. The first-order chi connectivity index (χ1) is 55.4. The number of rotatable bonds is 6. The molecule has 0 unspecified atom stereocenters. The Balaban J connectivity index is 0.000000114. The van der Waals surface area contributed by atoms with E-state index in [0.29, 0.717) is 29.4 Å². The van der Waals surface area contributed by atoms with Crippen LogP contribution in [0.15, 0.2) is 315 Å². The minimum absolute atomic E-state index is 0.0833. The van der Waals surface area contributed by atoms with Gasteiger partial charge in [0.1, 0.15) is 0 Å². The Morgan fingerprint density at radius 3 is 0.947 bits per heavy atom. The number of hydrogen-bond acceptors (Lipinski definition) is 8. The summed E-state index contributed by atoms with van der Waals surface area (Å²) >= 11 is 6.24. The van der Waals surface area contributed by atoms with Crippen LogP contribution in [0.3, 0.4) is 0 Å². The van der Waals surface area contributed by atoms with Crippen molar-refractivity contribution in [2.75, 3.05) is 0 Å². The Labute approximate surface area is 665 Å². The summed E-state index contributed by atoms with van der Waals surface area (Å²) < 4.78 is 17.0. The zero-order valence-electron chi connectivity index (χ0n) is 64.4. The zero-order valence-corrected chi connectivity index (χ0v) is 65.1. The molecule has 1 fully saturated rings. The molecule has 114 heavy (non-hydrogen) atoms. The van der Waals surface area contributed by atoms with E-state index in [1.807, 2.05) is 77.4 Å². The summed E-state index contributed by atoms with van der Waals surface area (Å²) in [5.41, 5.74) is 17.7. The van der Waals surface area contributed by atoms with E-state index in [4.69, 9.17) is 40.8 Å². The first-order valence-electron chi connectivity index (χ1n) is 39.1. The molecule has 23 rings (SSSR count). The summed E-state index contributed by atoms with van der Waals surface area (Å²) in [5, 5.41) is 20.5. The molecule has 0 radical (unpaired) electrons. The molecule has 1 aliphatic heterocycles. The predicted molar refractivity (Wildman–Crippen MR) is 472 cm³/mol. The SMILES string of the molecule is CC1(C)c2ccc(-c3nc(-c4ccccc4)nc(-n4c5ccccc5c5ccccc54)n3)cc2-c2cc3c4ccccc4c4ccccc4c3cc21.CC1(C)c2ccc(B3OC(C)(C)C(C)(C)O3)cc2-c2cc3c4ccccc4c4ccccc4c3cc21.Clc1nc(-c2ccccc2)nc(-n2c3ccccc3c3ccccc32)n1. The van der Waals surface area contributed by atoms with Crippen molar-refractivity contribution in [1.82, 2.24) is 39.0 Å². The Kier molecular flexibility index (Phi) is 15.7. The molecule has 12 heteroatoms. The lowest BCUT2D eigenvalue weighted by Gasteiger charge is -2.32. The maximum absolute atomic E-state index is 6.40. The number of para-hydroxylation sites is 4. The fraction of sp³-hybridized carbons (Fsp3) is 0.118. The average molecular weight is 1490 g/mol. The third-order valence-corrected chi connectivity index (χ3v) is 24.9. The molecule has 0 atom stereocenters. The van der Waals surface area contributed by atoms with Gasteiger partial charge < -0.3 is 9.31 Å². The highest BCUT2D eigenvalue weighted by Gasteiger charge is 2.52. The van der Waals surface area contributed by atoms with Gasteiger partial charge in [0.15, 0.2) is 17.5 Å². The maximum Gasteiger partial charge on any atom is 0.494 e. The molecule has 0 amide bonds. The fourth-order valence-corrected chi connectivity index (χ4v) is 18.5. The van der Waals surface area contributed by atoms with Gasteiger partial charge in [-0.2, -0.15) is 24.9 Å². The molecular weight excluding hydrogens is 1420 g/mol. The van der Waals surface area contributed by atoms with Crippen LogP contribution in [0, 0.1) is 0 Å². The standard InChI is InChI=1S/C48H32N4.C33H31BO2.C21H13ClN4/c1-48(2)41-25-24-30(26-39(41)40-27-37-33-18-8-6-16-31(33)32-17-7-9-19-34(32)38(37)28-42(40)48)46-49-45(29-14-4-3-5-15-29)50-47(51-46)52-43-22-12-10-20-35(43)36-21-11-13-23-44(36)52;1-31(2)29-16-15-20(34-35-32(3,4)33(5,6)36-34)17-27(29)28-18-25-23-13-9-7-11-21(23)22-12-8-10-14-24(22)26(25)19-30(28)31;22-20-23-19(14-8-2-1-3-9-14)24-21(25-20)26-17-12-6-4-10-15(17)16-11-5-7-13-18(16)26/h3-28H,1-2H3;7-19H,1-6H3;1-13H. The molecule has 3 aliphatic rings. The number of fused-ring (bicyclic) bond motifs is 24. The second kappa shape index (κ2) is 26.0. The Hall–Kier alpha value is -13.0. The van der Waals surface area contributed by atoms with Crippen LogP contribution in [0.4, 0.5) is 0 Å². The Bertz CT molecular complexity index is 7290. The van der Waals surface area contributed by atoms with Crippen LogP contribution in [-0.4, -0.2) is 57.4 Å². The lowest BCUT2D eigenvalue weighted by atomic mass is 9.76. The van der Waals surface area contributed by atoms with Crippen LogP contribution < -0.4 is 5.46 Å². The third kappa shape index (κ3) is 10.8. The largest absolute Gasteiger partial charge is 0.494 e. The predicted octanol–water partition coefficient (Wildman–Crippen LogP) is 25.1. The molecule has 16 aromatic carbocycles. The molecule has 20 aromatic rings. The van der Waals surface area contributed by atoms with Crippen molar-refractivity contribution in [3.8, 4) is 68.3 Å². The molecule has 0 spiro atoms. The van der Waals surface area contributed by atoms with E-state index in [-0.39, 0.29) is 34.4 Å². The highest BCUT2D eigenvalue weighted by Crippen LogP contribution is 2.54. The number of benzene rings is 16. The molecule has 1 saturated heterocycles. The smallest absolute Gasteiger partial charge is 0.399 e. The van der Waals surface area contributed by atoms with Crippen molar-refractivity contribution >= 4 is 132 Å². The summed E-state index contributed by atoms with van der Waals surface area (Å²) in [6.07, 6.45) is 0. The van der Waals surface area contributed by atoms with Crippen molar-refractivity contribution in [2.24, 2.45) is 0 Å². The summed E-state index contributed by atoms with van der Waals surface area (Å²) in [6, 6.07) is 112. The lowest BCUT2D eigenvalue weighted by molar-refractivity contribution is 0.00578. The van der Waals surface area contributed by atoms with Crippen molar-refractivity contribution in [3.63, 3.8) is 0 Å². The first kappa shape index (κ1) is 69.0. The van der Waals surface area contributed by atoms with Gasteiger partial charge in [0.2, 0.25) is 17.2 Å². The maximum atomic E-state index is 6.40. The van der Waals surface area contributed by atoms with Crippen molar-refractivity contribution < 1.29 is 9.31 Å². The van der Waals surface area contributed by atoms with Crippen LogP contribution in [-0.2, 0) is 20.1 Å². The van der Waals surface area contributed by atoms with Gasteiger partial charge in [0, 0.05) is 49.1 Å². The minimum Gasteiger partial charge on any atom is -0.399 e. The topological polar surface area (TPSA) is 106 Å². The van der Waals surface area contributed by atoms with E-state index >= 15 is 0 Å². The van der Waals surface area contributed by atoms with Crippen molar-refractivity contribution in [2.45, 2.75) is 77.4 Å². The number of halogens is 1. The van der Waals surface area contributed by atoms with E-state index in [0.717, 1.165) is 55.0 Å². The van der Waals surface area contributed by atoms with Gasteiger partial charge in [-0.1, -0.05) is 289 Å².